The number of carbonyl (C=O) groups is 1. The van der Waals surface area contributed by atoms with Crippen molar-refractivity contribution in [2.75, 3.05) is 6.61 Å². The number of hydrogen-bond donors (Lipinski definition) is 1. The molecule has 31 heavy (non-hydrogen) atoms. The van der Waals surface area contributed by atoms with Gasteiger partial charge in [-0.05, 0) is 51.7 Å². The molecular formula is C23H40BO6S. The van der Waals surface area contributed by atoms with E-state index in [-0.39, 0.29) is 24.7 Å². The molecule has 6 nitrogen and oxygen atoms in total. The summed E-state index contributed by atoms with van der Waals surface area (Å²) in [7, 11) is 1.08. The van der Waals surface area contributed by atoms with E-state index in [4.69, 9.17) is 24.8 Å². The van der Waals surface area contributed by atoms with Gasteiger partial charge in [0.25, 0.3) is 0 Å². The fourth-order valence-electron chi connectivity index (χ4n) is 5.81. The number of carboxylic acid groups (broad SMARTS) is 1. The third kappa shape index (κ3) is 7.10. The van der Waals surface area contributed by atoms with Crippen molar-refractivity contribution in [2.45, 2.75) is 115 Å². The van der Waals surface area contributed by atoms with E-state index in [1.54, 1.807) is 0 Å². The highest BCUT2D eigenvalue weighted by Gasteiger charge is 2.50. The molecule has 2 aliphatic heterocycles. The van der Waals surface area contributed by atoms with Crippen molar-refractivity contribution >= 4 is 25.0 Å². The van der Waals surface area contributed by atoms with E-state index in [1.807, 2.05) is 0 Å². The number of aliphatic carboxylic acids is 1. The monoisotopic (exact) mass is 457 g/mol. The van der Waals surface area contributed by atoms with Crippen LogP contribution in [-0.4, -0.2) is 56.3 Å². The average molecular weight is 457 g/mol. The molecule has 3 rings (SSSR count). The molecule has 1 saturated carbocycles. The average Bonchev–Trinajstić information content (AvgIpc) is 2.71. The van der Waals surface area contributed by atoms with Crippen LogP contribution in [0.15, 0.2) is 0 Å². The summed E-state index contributed by atoms with van der Waals surface area (Å²) in [6.07, 6.45) is 8.35. The van der Waals surface area contributed by atoms with E-state index in [1.165, 1.54) is 6.42 Å². The third-order valence-corrected chi connectivity index (χ3v) is 7.59. The van der Waals surface area contributed by atoms with E-state index >= 15 is 0 Å². The second-order valence-electron chi connectivity index (χ2n) is 10.1. The highest BCUT2D eigenvalue weighted by molar-refractivity contribution is 8.15. The van der Waals surface area contributed by atoms with Crippen LogP contribution >= 0.6 is 11.9 Å². The molecule has 3 aliphatic rings. The summed E-state index contributed by atoms with van der Waals surface area (Å²) in [5.74, 6) is 0.232. The zero-order valence-corrected chi connectivity index (χ0v) is 20.1. The third-order valence-electron chi connectivity index (χ3n) is 7.21. The van der Waals surface area contributed by atoms with Gasteiger partial charge in [-0.2, -0.15) is 0 Å². The first-order valence-electron chi connectivity index (χ1n) is 12.6. The Morgan fingerprint density at radius 1 is 1.26 bits per heavy atom. The second kappa shape index (κ2) is 11.7. The molecule has 2 saturated heterocycles. The molecule has 1 N–H and O–H groups in total. The van der Waals surface area contributed by atoms with E-state index in [0.717, 1.165) is 70.5 Å². The van der Waals surface area contributed by atoms with Crippen LogP contribution < -0.4 is 0 Å². The predicted molar refractivity (Wildman–Crippen MR) is 123 cm³/mol. The second-order valence-corrected chi connectivity index (χ2v) is 10.5. The molecule has 1 spiro atoms. The van der Waals surface area contributed by atoms with E-state index < -0.39 is 17.9 Å². The summed E-state index contributed by atoms with van der Waals surface area (Å²) in [5, 5.41) is 9.17. The van der Waals surface area contributed by atoms with Crippen molar-refractivity contribution in [2.24, 2.45) is 17.8 Å². The van der Waals surface area contributed by atoms with Gasteiger partial charge in [-0.1, -0.05) is 39.1 Å². The highest BCUT2D eigenvalue weighted by atomic mass is 32.2. The lowest BCUT2D eigenvalue weighted by Crippen LogP contribution is -2.55. The number of carboxylic acids is 1. The van der Waals surface area contributed by atoms with Gasteiger partial charge in [0.05, 0.1) is 37.4 Å². The number of hydrogen-bond acceptors (Lipinski definition) is 6. The lowest BCUT2D eigenvalue weighted by Gasteiger charge is -2.51. The molecule has 2 heterocycles. The fraction of sp³-hybridized carbons (Fsp3) is 0.957. The Morgan fingerprint density at radius 2 is 2.06 bits per heavy atom. The largest absolute Gasteiger partial charge is 0.481 e. The normalized spacial score (nSPS) is 38.1. The molecule has 3 fully saturated rings. The van der Waals surface area contributed by atoms with Crippen LogP contribution in [0.2, 0.25) is 0 Å². The van der Waals surface area contributed by atoms with Crippen LogP contribution in [0.4, 0.5) is 0 Å². The summed E-state index contributed by atoms with van der Waals surface area (Å²) in [4.78, 5) is 11.2. The maximum Gasteiger partial charge on any atom is 0.306 e. The fourth-order valence-corrected chi connectivity index (χ4v) is 6.12. The van der Waals surface area contributed by atoms with Gasteiger partial charge < -0.3 is 23.5 Å². The maximum atomic E-state index is 11.2. The van der Waals surface area contributed by atoms with E-state index in [2.05, 4.69) is 20.8 Å². The summed E-state index contributed by atoms with van der Waals surface area (Å²) in [6, 6.07) is 0. The molecule has 0 amide bonds. The predicted octanol–water partition coefficient (Wildman–Crippen LogP) is 4.62. The number of rotatable bonds is 10. The Labute approximate surface area is 194 Å². The van der Waals surface area contributed by atoms with Crippen molar-refractivity contribution in [3.05, 3.63) is 0 Å². The van der Waals surface area contributed by atoms with Crippen LogP contribution in [0.25, 0.3) is 0 Å². The summed E-state index contributed by atoms with van der Waals surface area (Å²) in [6.45, 7) is 7.60. The van der Waals surface area contributed by atoms with Gasteiger partial charge in [0.15, 0.2) is 5.79 Å². The van der Waals surface area contributed by atoms with Gasteiger partial charge in [-0.15, -0.1) is 0 Å². The zero-order valence-electron chi connectivity index (χ0n) is 20.3. The molecular weight excluding hydrogens is 415 g/mol. The Balaban J connectivity index is 1.56. The molecule has 7 atom stereocenters. The topological polar surface area (TPSA) is 74.2 Å². The van der Waals surface area contributed by atoms with Gasteiger partial charge in [-0.3, -0.25) is 4.79 Å². The van der Waals surface area contributed by atoms with E-state index in [9.17, 15) is 4.79 Å². The first-order valence-corrected chi connectivity index (χ1v) is 12.8. The number of ether oxygens (including phenoxy) is 3. The van der Waals surface area contributed by atoms with Gasteiger partial charge >= 0.3 is 5.97 Å². The van der Waals surface area contributed by atoms with Crippen molar-refractivity contribution in [1.29, 1.82) is 1.34 Å². The summed E-state index contributed by atoms with van der Waals surface area (Å²) >= 11 is 0.880. The molecule has 1 unspecified atom stereocenters. The smallest absolute Gasteiger partial charge is 0.306 e. The first-order chi connectivity index (χ1) is 15.3. The highest BCUT2D eigenvalue weighted by Crippen LogP contribution is 2.47. The molecule has 177 valence electrons. The van der Waals surface area contributed by atoms with Gasteiger partial charge in [0, 0.05) is 18.8 Å². The Hall–Kier alpha value is -0.275. The van der Waals surface area contributed by atoms with Crippen molar-refractivity contribution in [3.63, 3.8) is 0 Å². The van der Waals surface area contributed by atoms with Crippen LogP contribution in [0, 0.1) is 17.8 Å². The van der Waals surface area contributed by atoms with Gasteiger partial charge in [0.1, 0.15) is 0 Å². The molecule has 1 radical (unpaired) electrons. The first kappa shape index (κ1) is 23.9. The van der Waals surface area contributed by atoms with Crippen molar-refractivity contribution < 1.29 is 28.3 Å². The minimum atomic E-state index is -0.893. The molecule has 0 aromatic rings. The zero-order chi connectivity index (χ0) is 23.1. The molecule has 0 bridgehead atoms. The van der Waals surface area contributed by atoms with Gasteiger partial charge in [0.2, 0.25) is 7.09 Å². The van der Waals surface area contributed by atoms with Crippen molar-refractivity contribution in [3.8, 4) is 0 Å². The Morgan fingerprint density at radius 3 is 2.81 bits per heavy atom. The molecule has 8 heteroatoms. The van der Waals surface area contributed by atoms with Crippen LogP contribution in [0.5, 0.6) is 0 Å². The minimum Gasteiger partial charge on any atom is -0.481 e. The lowest BCUT2D eigenvalue weighted by molar-refractivity contribution is -0.342. The van der Waals surface area contributed by atoms with Crippen LogP contribution in [-0.2, 0) is 23.2 Å². The molecule has 1 aliphatic carbocycles. The van der Waals surface area contributed by atoms with E-state index in [0.29, 0.717) is 24.2 Å². The Kier molecular flexibility index (Phi) is 9.03. The Bertz CT molecular complexity index is 599. The minimum absolute atomic E-state index is 0.0173. The lowest BCUT2D eigenvalue weighted by atomic mass is 9.72. The van der Waals surface area contributed by atoms with Crippen LogP contribution in [0.1, 0.15) is 85.0 Å². The quantitative estimate of drug-likeness (QED) is 0.379. The van der Waals surface area contributed by atoms with Crippen molar-refractivity contribution in [1.82, 2.24) is 0 Å². The maximum absolute atomic E-state index is 11.2. The van der Waals surface area contributed by atoms with Crippen LogP contribution in [0.3, 0.4) is 0 Å². The standard InChI is InChI=1S/C23H40BO6S/c1-15(2)21-8-7-16(3)14-23(21)27-10-9-19(29-23)11-17-5-4-6-18(28-17)12-20(30-31-24)13-22(25)26/h15-21,24H,4-14H2,1-3H3,(H,25,26)/t16-,17-,18+,19+,20+,21+,23?/m1/s1/i24T. The summed E-state index contributed by atoms with van der Waals surface area (Å²) in [5.41, 5.74) is 0. The molecule has 0 aromatic carbocycles. The summed E-state index contributed by atoms with van der Waals surface area (Å²) < 4.78 is 32.1. The van der Waals surface area contributed by atoms with Gasteiger partial charge in [-0.25, -0.2) is 0 Å². The molecule has 0 aromatic heterocycles. The SMILES string of the molecule is [3H][B]SO[C@H](CC(=O)O)C[C@@H]1CCC[C@H](C[C@@H]2CCOC3(C[C@H](C)CC[C@H]3C(C)C)O2)O1.